The zero-order chi connectivity index (χ0) is 44.9. The number of amides is 1. The molecule has 11 atom stereocenters. The van der Waals surface area contributed by atoms with Gasteiger partial charge in [0.2, 0.25) is 0 Å². The molecule has 1 saturated heterocycles. The Labute approximate surface area is 358 Å². The highest BCUT2D eigenvalue weighted by atomic mass is 16.6. The van der Waals surface area contributed by atoms with Gasteiger partial charge < -0.3 is 44.3 Å². The van der Waals surface area contributed by atoms with Crippen LogP contribution in [0.4, 0.5) is 0 Å². The van der Waals surface area contributed by atoms with Gasteiger partial charge in [-0.25, -0.2) is 9.59 Å². The first-order valence-electron chi connectivity index (χ1n) is 20.5. The van der Waals surface area contributed by atoms with Crippen LogP contribution in [0.5, 0.6) is 0 Å². The molecule has 0 spiro atoms. The third kappa shape index (κ3) is 7.20. The molecule has 3 aliphatic carbocycles. The molecule has 1 heterocycles. The Morgan fingerprint density at radius 3 is 1.95 bits per heavy atom. The van der Waals surface area contributed by atoms with E-state index in [9.17, 15) is 39.3 Å². The van der Waals surface area contributed by atoms with E-state index in [0.717, 1.165) is 13.8 Å². The van der Waals surface area contributed by atoms with Gasteiger partial charge in [-0.05, 0) is 49.2 Å². The zero-order valence-corrected chi connectivity index (χ0v) is 35.2. The summed E-state index contributed by atoms with van der Waals surface area (Å²) in [6.07, 6.45) is -10.8. The van der Waals surface area contributed by atoms with Crippen LogP contribution in [0.2, 0.25) is 0 Å². The van der Waals surface area contributed by atoms with Gasteiger partial charge in [0.1, 0.15) is 23.9 Å². The summed E-state index contributed by atoms with van der Waals surface area (Å²) in [6, 6.07) is 22.8. The normalized spacial score (nSPS) is 31.9. The van der Waals surface area contributed by atoms with Crippen molar-refractivity contribution in [1.82, 2.24) is 5.32 Å². The smallest absolute Gasteiger partial charge is 0.338 e. The standard InChI is InChI=1S/C47H51NO14/c1-25-22-33(60-43(56)36(52)35(28-16-10-7-11-17-28)48-41(54)29-18-12-8-13-19-29)47(57)40(61-42(55)30-20-14-9-15-21-30)38-45(6,31(51)23-32-46(38,24-58-32)62-27(3)50)39(53)37(59-26(2)49)34(25)44(47,4)5/h7-21,31-33,35-38,40,51-52,57H,22-24H2,1-6H3,(H,48,54)/t31-,32+,33+,35-,36+,37+,38-,40-,45+,46-,47+/m0/s1. The Morgan fingerprint density at radius 1 is 0.823 bits per heavy atom. The molecule has 1 aliphatic heterocycles. The number of aliphatic hydroxyl groups excluding tert-OH is 2. The van der Waals surface area contributed by atoms with Crippen LogP contribution in [-0.4, -0.2) is 105 Å². The number of benzene rings is 3. The summed E-state index contributed by atoms with van der Waals surface area (Å²) in [4.78, 5) is 83.7. The fourth-order valence-corrected chi connectivity index (χ4v) is 10.3. The zero-order valence-electron chi connectivity index (χ0n) is 35.2. The van der Waals surface area contributed by atoms with Crippen molar-refractivity contribution < 1.29 is 67.8 Å². The molecule has 2 saturated carbocycles. The van der Waals surface area contributed by atoms with E-state index in [1.807, 2.05) is 0 Å². The minimum atomic E-state index is -2.63. The number of nitrogens with one attached hydrogen (secondary N) is 1. The summed E-state index contributed by atoms with van der Waals surface area (Å²) in [5.41, 5.74) is -7.31. The minimum Gasteiger partial charge on any atom is -0.457 e. The lowest BCUT2D eigenvalue weighted by Gasteiger charge is -2.67. The van der Waals surface area contributed by atoms with Crippen LogP contribution in [-0.2, 0) is 42.9 Å². The van der Waals surface area contributed by atoms with E-state index in [0.29, 0.717) is 11.1 Å². The molecule has 62 heavy (non-hydrogen) atoms. The van der Waals surface area contributed by atoms with Gasteiger partial charge in [0.25, 0.3) is 5.91 Å². The molecule has 0 radical (unpaired) electrons. The largest absolute Gasteiger partial charge is 0.457 e. The number of carbonyl (C=O) groups excluding carboxylic acids is 6. The average molecular weight is 854 g/mol. The van der Waals surface area contributed by atoms with Crippen molar-refractivity contribution in [2.45, 2.75) is 108 Å². The van der Waals surface area contributed by atoms with Crippen LogP contribution >= 0.6 is 0 Å². The number of ketones is 1. The van der Waals surface area contributed by atoms with Crippen molar-refractivity contribution in [2.24, 2.45) is 16.7 Å². The summed E-state index contributed by atoms with van der Waals surface area (Å²) in [5.74, 6) is -6.99. The molecule has 15 heteroatoms. The van der Waals surface area contributed by atoms with Crippen molar-refractivity contribution in [3.8, 4) is 0 Å². The van der Waals surface area contributed by atoms with Crippen LogP contribution in [0.25, 0.3) is 0 Å². The van der Waals surface area contributed by atoms with Crippen LogP contribution in [0.1, 0.15) is 86.7 Å². The molecule has 328 valence electrons. The molecular weight excluding hydrogens is 803 g/mol. The second kappa shape index (κ2) is 16.5. The van der Waals surface area contributed by atoms with Gasteiger partial charge in [0.15, 0.2) is 23.6 Å². The van der Waals surface area contributed by atoms with Crippen molar-refractivity contribution in [1.29, 1.82) is 0 Å². The molecule has 2 bridgehead atoms. The lowest BCUT2D eigenvalue weighted by Crippen LogP contribution is -2.83. The van der Waals surface area contributed by atoms with Gasteiger partial charge in [0, 0.05) is 37.7 Å². The SMILES string of the molecule is CC(=O)O[C@H]1C(=O)[C@@]2(C)[C@H]([C@H](OC(=O)c3ccccc3)[C@]3(O)[C@H](OC(=O)[C@H](O)[C@@H](NC(=O)c4ccccc4)c4ccccc4)CC(C)=C1C3(C)C)[C@]1(OC(C)=O)CO[C@@H]1C[C@@H]2O. The van der Waals surface area contributed by atoms with Crippen molar-refractivity contribution in [2.75, 3.05) is 6.61 Å². The summed E-state index contributed by atoms with van der Waals surface area (Å²) in [5, 5.41) is 40.7. The quantitative estimate of drug-likeness (QED) is 0.130. The highest BCUT2D eigenvalue weighted by molar-refractivity contribution is 5.96. The molecule has 1 amide bonds. The monoisotopic (exact) mass is 853 g/mol. The molecule has 3 fully saturated rings. The third-order valence-corrected chi connectivity index (χ3v) is 13.4. The van der Waals surface area contributed by atoms with E-state index >= 15 is 4.79 Å². The van der Waals surface area contributed by atoms with Crippen molar-refractivity contribution in [3.05, 3.63) is 119 Å². The van der Waals surface area contributed by atoms with E-state index in [4.69, 9.17) is 23.7 Å². The van der Waals surface area contributed by atoms with Crippen LogP contribution in [0.3, 0.4) is 0 Å². The lowest BCUT2D eigenvalue weighted by molar-refractivity contribution is -0.350. The maximum Gasteiger partial charge on any atom is 0.338 e. The number of esters is 4. The van der Waals surface area contributed by atoms with Crippen LogP contribution in [0, 0.1) is 16.7 Å². The molecule has 3 aromatic rings. The fourth-order valence-electron chi connectivity index (χ4n) is 10.3. The topological polar surface area (TPSA) is 221 Å². The van der Waals surface area contributed by atoms with Crippen molar-refractivity contribution in [3.63, 3.8) is 0 Å². The molecule has 0 aromatic heterocycles. The number of Topliss-reactive ketones (excluding diaryl/α,β-unsaturated/α-hetero) is 1. The van der Waals surface area contributed by atoms with E-state index in [1.165, 1.54) is 32.9 Å². The molecule has 4 N–H and O–H groups in total. The van der Waals surface area contributed by atoms with Crippen molar-refractivity contribution >= 4 is 35.6 Å². The van der Waals surface area contributed by atoms with Gasteiger partial charge in [0.05, 0.1) is 35.6 Å². The van der Waals surface area contributed by atoms with Gasteiger partial charge in [-0.3, -0.25) is 19.2 Å². The number of hydrogen-bond donors (Lipinski definition) is 4. The van der Waals surface area contributed by atoms with E-state index in [2.05, 4.69) is 5.32 Å². The second-order valence-electron chi connectivity index (χ2n) is 17.4. The summed E-state index contributed by atoms with van der Waals surface area (Å²) >= 11 is 0. The Kier molecular flexibility index (Phi) is 11.8. The maximum atomic E-state index is 15.4. The maximum absolute atomic E-state index is 15.4. The summed E-state index contributed by atoms with van der Waals surface area (Å²) in [7, 11) is 0. The highest BCUT2D eigenvalue weighted by Gasteiger charge is 2.79. The first-order valence-corrected chi connectivity index (χ1v) is 20.5. The van der Waals surface area contributed by atoms with Crippen LogP contribution < -0.4 is 5.32 Å². The van der Waals surface area contributed by atoms with E-state index in [1.54, 1.807) is 85.8 Å². The molecular formula is C47H51NO14. The average Bonchev–Trinajstić information content (AvgIpc) is 3.24. The van der Waals surface area contributed by atoms with E-state index in [-0.39, 0.29) is 36.1 Å². The number of fused-ring (bicyclic) bond motifs is 5. The van der Waals surface area contributed by atoms with Gasteiger partial charge >= 0.3 is 23.9 Å². The first-order chi connectivity index (χ1) is 29.3. The fraction of sp³-hybridized carbons (Fsp3) is 0.447. The Hall–Kier alpha value is -5.74. The number of aliphatic hydroxyl groups is 3. The van der Waals surface area contributed by atoms with Gasteiger partial charge in [-0.1, -0.05) is 86.2 Å². The summed E-state index contributed by atoms with van der Waals surface area (Å²) < 4.78 is 30.4. The van der Waals surface area contributed by atoms with E-state index < -0.39 is 106 Å². The number of ether oxygens (including phenoxy) is 5. The molecule has 7 rings (SSSR count). The molecule has 0 unspecified atom stereocenters. The number of hydrogen-bond acceptors (Lipinski definition) is 14. The lowest BCUT2D eigenvalue weighted by atomic mass is 9.44. The minimum absolute atomic E-state index is 0.0349. The summed E-state index contributed by atoms with van der Waals surface area (Å²) in [6.45, 7) is 7.89. The second-order valence-corrected chi connectivity index (χ2v) is 17.4. The highest BCUT2D eigenvalue weighted by Crippen LogP contribution is 2.64. The Bertz CT molecular complexity index is 2280. The van der Waals surface area contributed by atoms with Gasteiger partial charge in [-0.15, -0.1) is 0 Å². The molecule has 4 aliphatic rings. The number of rotatable bonds is 10. The Morgan fingerprint density at radius 2 is 1.40 bits per heavy atom. The molecule has 3 aromatic carbocycles. The Balaban J connectivity index is 1.42. The number of carbonyl (C=O) groups is 6. The third-order valence-electron chi connectivity index (χ3n) is 13.4. The van der Waals surface area contributed by atoms with Crippen LogP contribution in [0.15, 0.2) is 102 Å². The first kappa shape index (κ1) is 44.3. The molecule has 15 nitrogen and oxygen atoms in total. The predicted octanol–water partition coefficient (Wildman–Crippen LogP) is 3.74. The van der Waals surface area contributed by atoms with Gasteiger partial charge in [-0.2, -0.15) is 0 Å². The predicted molar refractivity (Wildman–Crippen MR) is 218 cm³/mol.